The molecule has 0 saturated carbocycles. The van der Waals surface area contributed by atoms with E-state index in [9.17, 15) is 9.90 Å². The van der Waals surface area contributed by atoms with Gasteiger partial charge in [0.15, 0.2) is 0 Å². The van der Waals surface area contributed by atoms with E-state index in [1.54, 1.807) is 12.1 Å². The number of aryl methyl sites for hydroxylation is 1. The number of ether oxygens (including phenoxy) is 1. The van der Waals surface area contributed by atoms with Gasteiger partial charge in [-0.1, -0.05) is 25.4 Å². The average molecular weight is 271 g/mol. The van der Waals surface area contributed by atoms with Gasteiger partial charge in [0.25, 0.3) is 0 Å². The van der Waals surface area contributed by atoms with Crippen molar-refractivity contribution in [2.75, 3.05) is 6.61 Å². The fourth-order valence-electron chi connectivity index (χ4n) is 2.05. The van der Waals surface area contributed by atoms with Crippen molar-refractivity contribution < 1.29 is 14.6 Å². The largest absolute Gasteiger partial charge is 0.492 e. The first-order valence-electron chi connectivity index (χ1n) is 6.04. The van der Waals surface area contributed by atoms with Crippen molar-refractivity contribution in [2.24, 2.45) is 5.92 Å². The van der Waals surface area contributed by atoms with Crippen molar-refractivity contribution in [1.29, 1.82) is 0 Å². The number of rotatable bonds is 5. The van der Waals surface area contributed by atoms with E-state index in [2.05, 4.69) is 0 Å². The molecule has 0 heterocycles. The van der Waals surface area contributed by atoms with E-state index in [1.807, 2.05) is 27.7 Å². The summed E-state index contributed by atoms with van der Waals surface area (Å²) in [6, 6.07) is 3.51. The lowest BCUT2D eigenvalue weighted by Gasteiger charge is -2.20. The standard InChI is InChI=1S/C14H19ClO3/c1-5-18-12-6-9(4)10(7-11(12)15)13(8(2)3)14(16)17/h6-8,13H,5H2,1-4H3,(H,16,17). The van der Waals surface area contributed by atoms with Gasteiger partial charge in [0.1, 0.15) is 5.75 Å². The van der Waals surface area contributed by atoms with Crippen LogP contribution in [0.1, 0.15) is 37.8 Å². The Kier molecular flexibility index (Phi) is 5.03. The van der Waals surface area contributed by atoms with Gasteiger partial charge in [-0.2, -0.15) is 0 Å². The molecule has 0 aliphatic heterocycles. The van der Waals surface area contributed by atoms with Crippen molar-refractivity contribution in [3.8, 4) is 5.75 Å². The van der Waals surface area contributed by atoms with Gasteiger partial charge in [-0.3, -0.25) is 4.79 Å². The van der Waals surface area contributed by atoms with Crippen molar-refractivity contribution in [3.63, 3.8) is 0 Å². The van der Waals surface area contributed by atoms with Crippen LogP contribution < -0.4 is 4.74 Å². The lowest BCUT2D eigenvalue weighted by molar-refractivity contribution is -0.139. The first-order chi connectivity index (χ1) is 8.38. The molecule has 4 heteroatoms. The van der Waals surface area contributed by atoms with Crippen LogP contribution >= 0.6 is 11.6 Å². The normalized spacial score (nSPS) is 12.6. The summed E-state index contributed by atoms with van der Waals surface area (Å²) in [5.41, 5.74) is 1.65. The molecular formula is C14H19ClO3. The van der Waals surface area contributed by atoms with Crippen molar-refractivity contribution >= 4 is 17.6 Å². The van der Waals surface area contributed by atoms with Crippen molar-refractivity contribution in [3.05, 3.63) is 28.3 Å². The first kappa shape index (κ1) is 14.8. The molecule has 0 spiro atoms. The van der Waals surface area contributed by atoms with Gasteiger partial charge in [-0.15, -0.1) is 0 Å². The number of carboxylic acids is 1. The monoisotopic (exact) mass is 270 g/mol. The molecule has 1 aromatic carbocycles. The van der Waals surface area contributed by atoms with Crippen LogP contribution in [0.4, 0.5) is 0 Å². The average Bonchev–Trinajstić information content (AvgIpc) is 2.24. The summed E-state index contributed by atoms with van der Waals surface area (Å²) in [4.78, 5) is 11.3. The lowest BCUT2D eigenvalue weighted by Crippen LogP contribution is -2.18. The summed E-state index contributed by atoms with van der Waals surface area (Å²) in [6.07, 6.45) is 0. The van der Waals surface area contributed by atoms with E-state index in [0.717, 1.165) is 11.1 Å². The molecule has 1 N–H and O–H groups in total. The van der Waals surface area contributed by atoms with Gasteiger partial charge in [-0.25, -0.2) is 0 Å². The summed E-state index contributed by atoms with van der Waals surface area (Å²) in [5, 5.41) is 9.77. The third kappa shape index (κ3) is 3.16. The van der Waals surface area contributed by atoms with E-state index in [0.29, 0.717) is 17.4 Å². The molecule has 0 radical (unpaired) electrons. The Balaban J connectivity index is 3.25. The predicted molar refractivity (Wildman–Crippen MR) is 72.6 cm³/mol. The lowest BCUT2D eigenvalue weighted by atomic mass is 9.86. The Bertz CT molecular complexity index is 441. The highest BCUT2D eigenvalue weighted by Crippen LogP contribution is 2.34. The van der Waals surface area contributed by atoms with E-state index in [-0.39, 0.29) is 5.92 Å². The first-order valence-corrected chi connectivity index (χ1v) is 6.41. The molecular weight excluding hydrogens is 252 g/mol. The molecule has 0 fully saturated rings. The zero-order chi connectivity index (χ0) is 13.9. The number of aliphatic carboxylic acids is 1. The van der Waals surface area contributed by atoms with Crippen LogP contribution in [-0.4, -0.2) is 17.7 Å². The molecule has 0 aromatic heterocycles. The highest BCUT2D eigenvalue weighted by molar-refractivity contribution is 6.32. The second kappa shape index (κ2) is 6.10. The Morgan fingerprint density at radius 1 is 1.44 bits per heavy atom. The Hall–Kier alpha value is -1.22. The second-order valence-corrected chi connectivity index (χ2v) is 5.04. The summed E-state index contributed by atoms with van der Waals surface area (Å²) in [7, 11) is 0. The molecule has 100 valence electrons. The smallest absolute Gasteiger partial charge is 0.311 e. The fourth-order valence-corrected chi connectivity index (χ4v) is 2.28. The minimum atomic E-state index is -0.826. The Labute approximate surface area is 113 Å². The molecule has 1 rings (SSSR count). The highest BCUT2D eigenvalue weighted by atomic mass is 35.5. The molecule has 1 unspecified atom stereocenters. The number of hydrogen-bond donors (Lipinski definition) is 1. The second-order valence-electron chi connectivity index (χ2n) is 4.63. The SMILES string of the molecule is CCOc1cc(C)c(C(C(=O)O)C(C)C)cc1Cl. The summed E-state index contributed by atoms with van der Waals surface area (Å²) >= 11 is 6.12. The molecule has 0 aliphatic rings. The number of carbonyl (C=O) groups is 1. The van der Waals surface area contributed by atoms with Gasteiger partial charge in [-0.05, 0) is 43.0 Å². The van der Waals surface area contributed by atoms with Crippen LogP contribution in [0.3, 0.4) is 0 Å². The van der Waals surface area contributed by atoms with Crippen LogP contribution in [0.5, 0.6) is 5.75 Å². The molecule has 1 aromatic rings. The van der Waals surface area contributed by atoms with Gasteiger partial charge >= 0.3 is 5.97 Å². The number of halogens is 1. The third-order valence-electron chi connectivity index (χ3n) is 2.89. The van der Waals surface area contributed by atoms with Gasteiger partial charge in [0, 0.05) is 0 Å². The number of hydrogen-bond acceptors (Lipinski definition) is 2. The molecule has 3 nitrogen and oxygen atoms in total. The quantitative estimate of drug-likeness (QED) is 0.883. The van der Waals surface area contributed by atoms with Crippen molar-refractivity contribution in [1.82, 2.24) is 0 Å². The molecule has 0 aliphatic carbocycles. The minimum absolute atomic E-state index is 0.00945. The van der Waals surface area contributed by atoms with Crippen molar-refractivity contribution in [2.45, 2.75) is 33.6 Å². The molecule has 0 bridgehead atoms. The Morgan fingerprint density at radius 3 is 2.50 bits per heavy atom. The maximum Gasteiger partial charge on any atom is 0.311 e. The zero-order valence-corrected chi connectivity index (χ0v) is 11.9. The predicted octanol–water partition coefficient (Wildman–Crippen LogP) is 3.87. The molecule has 1 atom stereocenters. The van der Waals surface area contributed by atoms with Gasteiger partial charge < -0.3 is 9.84 Å². The summed E-state index contributed by atoms with van der Waals surface area (Å²) < 4.78 is 5.39. The van der Waals surface area contributed by atoms with E-state index in [1.165, 1.54) is 0 Å². The minimum Gasteiger partial charge on any atom is -0.492 e. The maximum atomic E-state index is 11.3. The van der Waals surface area contributed by atoms with Crippen LogP contribution in [-0.2, 0) is 4.79 Å². The molecule has 0 saturated heterocycles. The molecule has 18 heavy (non-hydrogen) atoms. The highest BCUT2D eigenvalue weighted by Gasteiger charge is 2.26. The van der Waals surface area contributed by atoms with E-state index >= 15 is 0 Å². The van der Waals surface area contributed by atoms with Crippen LogP contribution in [0.2, 0.25) is 5.02 Å². The summed E-state index contributed by atoms with van der Waals surface area (Å²) in [6.45, 7) is 8.08. The topological polar surface area (TPSA) is 46.5 Å². The van der Waals surface area contributed by atoms with E-state index in [4.69, 9.17) is 16.3 Å². The number of benzene rings is 1. The fraction of sp³-hybridized carbons (Fsp3) is 0.500. The van der Waals surface area contributed by atoms with E-state index < -0.39 is 11.9 Å². The van der Waals surface area contributed by atoms with Gasteiger partial charge in [0.05, 0.1) is 17.5 Å². The van der Waals surface area contributed by atoms with Gasteiger partial charge in [0.2, 0.25) is 0 Å². The van der Waals surface area contributed by atoms with Crippen LogP contribution in [0.25, 0.3) is 0 Å². The third-order valence-corrected chi connectivity index (χ3v) is 3.18. The Morgan fingerprint density at radius 2 is 2.06 bits per heavy atom. The van der Waals surface area contributed by atoms with Crippen LogP contribution in [0, 0.1) is 12.8 Å². The van der Waals surface area contributed by atoms with Crippen LogP contribution in [0.15, 0.2) is 12.1 Å². The molecule has 0 amide bonds. The zero-order valence-electron chi connectivity index (χ0n) is 11.2. The maximum absolute atomic E-state index is 11.3. The number of carboxylic acid groups (broad SMARTS) is 1. The summed E-state index contributed by atoms with van der Waals surface area (Å²) in [5.74, 6) is -0.755.